The Labute approximate surface area is 208 Å². The van der Waals surface area contributed by atoms with Crippen LogP contribution in [0.25, 0.3) is 5.00 Å². The normalized spacial score (nSPS) is 16.7. The first-order valence-corrected chi connectivity index (χ1v) is 12.5. The fourth-order valence-electron chi connectivity index (χ4n) is 5.25. The number of aryl methyl sites for hydroxylation is 1. The smallest absolute Gasteiger partial charge is 0.310 e. The molecule has 36 heavy (non-hydrogen) atoms. The van der Waals surface area contributed by atoms with E-state index in [9.17, 15) is 22.4 Å². The molecule has 2 aliphatic rings. The van der Waals surface area contributed by atoms with Crippen molar-refractivity contribution in [3.63, 3.8) is 0 Å². The molecular weight excluding hydrogens is 490 g/mol. The zero-order chi connectivity index (χ0) is 25.0. The van der Waals surface area contributed by atoms with Gasteiger partial charge in [0, 0.05) is 28.8 Å². The number of thiophene rings is 1. The number of amides is 2. The van der Waals surface area contributed by atoms with Gasteiger partial charge in [-0.1, -0.05) is 0 Å². The summed E-state index contributed by atoms with van der Waals surface area (Å²) >= 11 is 1.67. The number of nitrogens with one attached hydrogen (secondary N) is 1. The lowest BCUT2D eigenvalue weighted by Crippen LogP contribution is -2.38. The van der Waals surface area contributed by atoms with Gasteiger partial charge in [0.25, 0.3) is 0 Å². The van der Waals surface area contributed by atoms with Crippen LogP contribution in [0.4, 0.5) is 28.0 Å². The van der Waals surface area contributed by atoms with Crippen LogP contribution in [0.15, 0.2) is 54.7 Å². The van der Waals surface area contributed by atoms with Gasteiger partial charge in [0.2, 0.25) is 0 Å². The molecule has 0 unspecified atom stereocenters. The molecule has 1 atom stereocenters. The molecule has 1 aliphatic carbocycles. The molecule has 2 aromatic carbocycles. The topological polar surface area (TPSA) is 37.3 Å². The quantitative estimate of drug-likeness (QED) is 0.286. The van der Waals surface area contributed by atoms with E-state index in [4.69, 9.17) is 0 Å². The lowest BCUT2D eigenvalue weighted by Gasteiger charge is -2.31. The summed E-state index contributed by atoms with van der Waals surface area (Å²) in [4.78, 5) is 16.4. The van der Waals surface area contributed by atoms with Crippen molar-refractivity contribution in [1.82, 2.24) is 9.47 Å². The predicted molar refractivity (Wildman–Crippen MR) is 129 cm³/mol. The maximum atomic E-state index is 14.4. The fraction of sp³-hybridized carbons (Fsp3) is 0.222. The molecule has 6 rings (SSSR count). The van der Waals surface area contributed by atoms with E-state index in [1.807, 2.05) is 22.9 Å². The van der Waals surface area contributed by atoms with Crippen molar-refractivity contribution in [1.29, 1.82) is 0 Å². The number of aromatic nitrogens is 1. The van der Waals surface area contributed by atoms with Gasteiger partial charge in [0.1, 0.15) is 34.3 Å². The minimum Gasteiger partial charge on any atom is -0.310 e. The second kappa shape index (κ2) is 8.81. The molecule has 9 heteroatoms. The summed E-state index contributed by atoms with van der Waals surface area (Å²) in [6.45, 7) is 0.147. The van der Waals surface area contributed by atoms with Crippen molar-refractivity contribution in [2.45, 2.75) is 38.3 Å². The molecule has 4 aromatic rings. The van der Waals surface area contributed by atoms with E-state index in [0.29, 0.717) is 5.69 Å². The second-order valence-electron chi connectivity index (χ2n) is 9.09. The van der Waals surface area contributed by atoms with Gasteiger partial charge < -0.3 is 14.8 Å². The Balaban J connectivity index is 1.52. The number of benzene rings is 2. The van der Waals surface area contributed by atoms with E-state index in [1.165, 1.54) is 27.5 Å². The summed E-state index contributed by atoms with van der Waals surface area (Å²) in [6, 6.07) is 8.04. The van der Waals surface area contributed by atoms with E-state index in [0.717, 1.165) is 60.5 Å². The Bertz CT molecular complexity index is 1470. The van der Waals surface area contributed by atoms with Crippen LogP contribution in [0, 0.1) is 23.3 Å². The van der Waals surface area contributed by atoms with Crippen LogP contribution in [-0.2, 0) is 19.4 Å². The van der Waals surface area contributed by atoms with Crippen LogP contribution in [-0.4, -0.2) is 15.5 Å². The Kier molecular flexibility index (Phi) is 5.59. The minimum atomic E-state index is -0.874. The number of nitrogens with zero attached hydrogens (tertiary/aromatic N) is 2. The number of fused-ring (bicyclic) bond motifs is 5. The third-order valence-electron chi connectivity index (χ3n) is 6.81. The van der Waals surface area contributed by atoms with Gasteiger partial charge in [-0.2, -0.15) is 0 Å². The number of anilines is 1. The van der Waals surface area contributed by atoms with Crippen molar-refractivity contribution in [2.75, 3.05) is 5.32 Å². The number of hydrogen-bond donors (Lipinski definition) is 1. The lowest BCUT2D eigenvalue weighted by molar-refractivity contribution is 0.194. The largest absolute Gasteiger partial charge is 0.323 e. The summed E-state index contributed by atoms with van der Waals surface area (Å²) in [5, 5.41) is 3.45. The van der Waals surface area contributed by atoms with Crippen LogP contribution >= 0.6 is 11.3 Å². The first kappa shape index (κ1) is 22.8. The summed E-state index contributed by atoms with van der Waals surface area (Å²) < 4.78 is 58.9. The van der Waals surface area contributed by atoms with Crippen molar-refractivity contribution in [2.24, 2.45) is 0 Å². The lowest BCUT2D eigenvalue weighted by atomic mass is 9.95. The molecular formula is C27H21F4N3OS. The van der Waals surface area contributed by atoms with Gasteiger partial charge in [0.05, 0.1) is 17.9 Å². The van der Waals surface area contributed by atoms with Crippen LogP contribution in [0.5, 0.6) is 0 Å². The highest BCUT2D eigenvalue weighted by atomic mass is 32.1. The molecule has 0 saturated carbocycles. The van der Waals surface area contributed by atoms with Crippen LogP contribution in [0.3, 0.4) is 0 Å². The van der Waals surface area contributed by atoms with E-state index in [-0.39, 0.29) is 17.8 Å². The van der Waals surface area contributed by atoms with Crippen LogP contribution < -0.4 is 5.32 Å². The summed E-state index contributed by atoms with van der Waals surface area (Å²) in [6.07, 6.45) is 5.85. The highest BCUT2D eigenvalue weighted by molar-refractivity contribution is 7.15. The fourth-order valence-corrected chi connectivity index (χ4v) is 6.65. The number of carbonyl (C=O) groups excluding carboxylic acids is 1. The Morgan fingerprint density at radius 1 is 0.917 bits per heavy atom. The highest BCUT2D eigenvalue weighted by Gasteiger charge is 2.36. The highest BCUT2D eigenvalue weighted by Crippen LogP contribution is 2.44. The number of rotatable bonds is 2. The van der Waals surface area contributed by atoms with Crippen LogP contribution in [0.2, 0.25) is 0 Å². The van der Waals surface area contributed by atoms with Gasteiger partial charge in [-0.3, -0.25) is 0 Å². The molecule has 2 aromatic heterocycles. The molecule has 0 bridgehead atoms. The maximum Gasteiger partial charge on any atom is 0.323 e. The van der Waals surface area contributed by atoms with Crippen molar-refractivity contribution in [3.8, 4) is 5.00 Å². The second-order valence-corrected chi connectivity index (χ2v) is 10.2. The van der Waals surface area contributed by atoms with E-state index >= 15 is 0 Å². The SMILES string of the molecule is O=C(Nc1cc(F)ccc1F)N1Cc2c(sc3c2CCCC3)-n2cccc2[C@@H]1c1cc(F)cc(F)c1. The molecule has 1 aliphatic heterocycles. The molecule has 0 spiro atoms. The summed E-state index contributed by atoms with van der Waals surface area (Å²) in [5.41, 5.74) is 2.75. The zero-order valence-corrected chi connectivity index (χ0v) is 19.8. The van der Waals surface area contributed by atoms with Gasteiger partial charge in [-0.05, 0) is 73.2 Å². The number of urea groups is 1. The van der Waals surface area contributed by atoms with E-state index in [2.05, 4.69) is 5.32 Å². The number of carbonyl (C=O) groups is 1. The summed E-state index contributed by atoms with van der Waals surface area (Å²) in [5.74, 6) is -3.02. The number of halogens is 4. The van der Waals surface area contributed by atoms with E-state index in [1.54, 1.807) is 11.3 Å². The van der Waals surface area contributed by atoms with Crippen molar-refractivity contribution < 1.29 is 22.4 Å². The van der Waals surface area contributed by atoms with Gasteiger partial charge >= 0.3 is 6.03 Å². The predicted octanol–water partition coefficient (Wildman–Crippen LogP) is 7.11. The third-order valence-corrected chi connectivity index (χ3v) is 8.14. The summed E-state index contributed by atoms with van der Waals surface area (Å²) in [7, 11) is 0. The average molecular weight is 512 g/mol. The van der Waals surface area contributed by atoms with Crippen molar-refractivity contribution >= 4 is 23.1 Å². The van der Waals surface area contributed by atoms with Gasteiger partial charge in [-0.15, -0.1) is 11.3 Å². The molecule has 0 radical (unpaired) electrons. The molecule has 0 saturated heterocycles. The molecule has 1 N–H and O–H groups in total. The van der Waals surface area contributed by atoms with E-state index < -0.39 is 35.3 Å². The zero-order valence-electron chi connectivity index (χ0n) is 19.0. The van der Waals surface area contributed by atoms with Gasteiger partial charge in [-0.25, -0.2) is 22.4 Å². The maximum absolute atomic E-state index is 14.4. The van der Waals surface area contributed by atoms with Crippen molar-refractivity contribution in [3.05, 3.63) is 105 Å². The Hall–Kier alpha value is -3.59. The molecule has 184 valence electrons. The Morgan fingerprint density at radius 2 is 1.69 bits per heavy atom. The first-order chi connectivity index (χ1) is 17.4. The molecule has 2 amide bonds. The molecule has 4 nitrogen and oxygen atoms in total. The molecule has 3 heterocycles. The standard InChI is InChI=1S/C27H21F4N3OS/c28-16-7-8-21(31)22(13-16)32-27(35)34-14-20-19-4-1-2-6-24(19)36-26(20)33-9-3-5-23(33)25(34)15-10-17(29)12-18(30)11-15/h3,5,7-13,25H,1-2,4,6,14H2,(H,32,35)/t25-/m0/s1. The first-order valence-electron chi connectivity index (χ1n) is 11.7. The third kappa shape index (κ3) is 3.87. The number of hydrogen-bond acceptors (Lipinski definition) is 2. The van der Waals surface area contributed by atoms with Gasteiger partial charge in [0.15, 0.2) is 0 Å². The average Bonchev–Trinajstić information content (AvgIpc) is 3.42. The molecule has 0 fully saturated rings. The minimum absolute atomic E-state index is 0.147. The Morgan fingerprint density at radius 3 is 2.50 bits per heavy atom. The van der Waals surface area contributed by atoms with Crippen LogP contribution in [0.1, 0.15) is 46.1 Å². The monoisotopic (exact) mass is 511 g/mol.